The van der Waals surface area contributed by atoms with E-state index in [2.05, 4.69) is 4.74 Å². The molecule has 52 valence electrons. The lowest BCUT2D eigenvalue weighted by Gasteiger charge is -1.98. The Labute approximate surface area is 58.0 Å². The molecule has 1 atom stereocenters. The van der Waals surface area contributed by atoms with Gasteiger partial charge >= 0.3 is 5.97 Å². The van der Waals surface area contributed by atoms with Crippen LogP contribution in [0.2, 0.25) is 0 Å². The molecule has 0 bridgehead atoms. The largest absolute Gasteiger partial charge is 0.451 e. The molecule has 1 rings (SSSR count). The maximum Gasteiger partial charge on any atom is 0.331 e. The molecule has 0 aromatic carbocycles. The van der Waals surface area contributed by atoms with Crippen LogP contribution in [0.25, 0.3) is 0 Å². The minimum absolute atomic E-state index is 0.349. The molecule has 0 saturated heterocycles. The van der Waals surface area contributed by atoms with Crippen molar-refractivity contribution < 1.29 is 14.3 Å². The summed E-state index contributed by atoms with van der Waals surface area (Å²) >= 11 is 0. The summed E-state index contributed by atoms with van der Waals surface area (Å²) in [7, 11) is 0. The minimum atomic E-state index is -0.361. The highest BCUT2D eigenvalue weighted by Gasteiger charge is 2.11. The second-order valence-corrected chi connectivity index (χ2v) is 1.78. The van der Waals surface area contributed by atoms with E-state index in [4.69, 9.17) is 0 Å². The van der Waals surface area contributed by atoms with Gasteiger partial charge in [0, 0.05) is 6.08 Å². The Balaban J connectivity index is 2.47. The third-order valence-electron chi connectivity index (χ3n) is 1.05. The van der Waals surface area contributed by atoms with E-state index in [0.717, 1.165) is 0 Å². The summed E-state index contributed by atoms with van der Waals surface area (Å²) in [5.41, 5.74) is 0. The van der Waals surface area contributed by atoms with Crippen LogP contribution in [0.1, 0.15) is 0 Å². The van der Waals surface area contributed by atoms with Crippen LogP contribution in [0.4, 0.5) is 0 Å². The van der Waals surface area contributed by atoms with Gasteiger partial charge < -0.3 is 4.74 Å². The van der Waals surface area contributed by atoms with Crippen molar-refractivity contribution in [3.63, 3.8) is 0 Å². The zero-order valence-electron chi connectivity index (χ0n) is 5.19. The first-order chi connectivity index (χ1) is 4.83. The van der Waals surface area contributed by atoms with Crippen molar-refractivity contribution in [3.8, 4) is 0 Å². The normalized spacial score (nSPS) is 23.6. The van der Waals surface area contributed by atoms with E-state index in [1.165, 1.54) is 18.2 Å². The van der Waals surface area contributed by atoms with Crippen molar-refractivity contribution in [1.82, 2.24) is 0 Å². The average molecular weight is 138 g/mol. The fraction of sp³-hybridized carbons (Fsp3) is 0.143. The van der Waals surface area contributed by atoms with Crippen LogP contribution in [0.3, 0.4) is 0 Å². The zero-order chi connectivity index (χ0) is 7.40. The summed E-state index contributed by atoms with van der Waals surface area (Å²) in [6.45, 7) is 0. The number of cyclic esters (lactones) is 1. The van der Waals surface area contributed by atoms with E-state index in [-0.39, 0.29) is 12.1 Å². The molecule has 0 radical (unpaired) electrons. The summed E-state index contributed by atoms with van der Waals surface area (Å²) in [6, 6.07) is 0. The van der Waals surface area contributed by atoms with Gasteiger partial charge in [-0.3, -0.25) is 4.79 Å². The number of ether oxygens (including phenoxy) is 1. The number of hydrogen-bond acceptors (Lipinski definition) is 3. The highest BCUT2D eigenvalue weighted by molar-refractivity contribution is 5.84. The predicted octanol–water partition coefficient (Wildman–Crippen LogP) is 0.223. The maximum atomic E-state index is 10.4. The third-order valence-corrected chi connectivity index (χ3v) is 1.05. The first-order valence-electron chi connectivity index (χ1n) is 2.83. The van der Waals surface area contributed by atoms with Gasteiger partial charge in [0.15, 0.2) is 0 Å². The molecule has 0 amide bonds. The monoisotopic (exact) mass is 138 g/mol. The van der Waals surface area contributed by atoms with Crippen LogP contribution < -0.4 is 0 Å². The Morgan fingerprint density at radius 1 is 1.60 bits per heavy atom. The van der Waals surface area contributed by atoms with Gasteiger partial charge in [-0.05, 0) is 18.2 Å². The molecule has 0 spiro atoms. The van der Waals surface area contributed by atoms with Crippen molar-refractivity contribution in [2.45, 2.75) is 6.10 Å². The number of carbonyl (C=O) groups is 2. The summed E-state index contributed by atoms with van der Waals surface area (Å²) < 4.78 is 4.67. The summed E-state index contributed by atoms with van der Waals surface area (Å²) in [6.07, 6.45) is 6.02. The lowest BCUT2D eigenvalue weighted by Crippen LogP contribution is -2.03. The van der Waals surface area contributed by atoms with E-state index in [0.29, 0.717) is 6.29 Å². The molecule has 0 aliphatic carbocycles. The summed E-state index contributed by atoms with van der Waals surface area (Å²) in [4.78, 5) is 20.2. The third kappa shape index (κ3) is 1.55. The fourth-order valence-corrected chi connectivity index (χ4v) is 0.644. The molecule has 0 fully saturated rings. The molecule has 1 heterocycles. The number of carbonyl (C=O) groups excluding carboxylic acids is 2. The molecule has 0 aromatic rings. The number of hydrogen-bond donors (Lipinski definition) is 0. The zero-order valence-corrected chi connectivity index (χ0v) is 5.19. The molecule has 3 nitrogen and oxygen atoms in total. The molecule has 10 heavy (non-hydrogen) atoms. The van der Waals surface area contributed by atoms with E-state index in [1.54, 1.807) is 6.08 Å². The van der Waals surface area contributed by atoms with E-state index in [9.17, 15) is 9.59 Å². The molecular formula is C7H6O3. The van der Waals surface area contributed by atoms with E-state index >= 15 is 0 Å². The van der Waals surface area contributed by atoms with Crippen LogP contribution in [-0.4, -0.2) is 18.4 Å². The van der Waals surface area contributed by atoms with Crippen molar-refractivity contribution in [2.75, 3.05) is 0 Å². The van der Waals surface area contributed by atoms with Gasteiger partial charge in [-0.1, -0.05) is 0 Å². The summed E-state index contributed by atoms with van der Waals surface area (Å²) in [5, 5.41) is 0. The van der Waals surface area contributed by atoms with Crippen LogP contribution in [-0.2, 0) is 14.3 Å². The fourth-order valence-electron chi connectivity index (χ4n) is 0.644. The quantitative estimate of drug-likeness (QED) is 0.311. The maximum absolute atomic E-state index is 10.4. The van der Waals surface area contributed by atoms with Gasteiger partial charge in [0.1, 0.15) is 12.4 Å². The first kappa shape index (κ1) is 6.74. The smallest absolute Gasteiger partial charge is 0.331 e. The molecule has 3 heteroatoms. The molecule has 1 aliphatic heterocycles. The number of aldehydes is 1. The second kappa shape index (κ2) is 2.96. The van der Waals surface area contributed by atoms with Crippen LogP contribution in [0.5, 0.6) is 0 Å². The highest BCUT2D eigenvalue weighted by atomic mass is 16.5. The van der Waals surface area contributed by atoms with Gasteiger partial charge in [0.25, 0.3) is 0 Å². The topological polar surface area (TPSA) is 43.4 Å². The van der Waals surface area contributed by atoms with Gasteiger partial charge in [0.05, 0.1) is 0 Å². The lowest BCUT2D eigenvalue weighted by atomic mass is 10.3. The van der Waals surface area contributed by atoms with Crippen molar-refractivity contribution in [2.24, 2.45) is 0 Å². The lowest BCUT2D eigenvalue weighted by molar-refractivity contribution is -0.137. The van der Waals surface area contributed by atoms with Crippen LogP contribution in [0, 0.1) is 0 Å². The van der Waals surface area contributed by atoms with Crippen molar-refractivity contribution in [1.29, 1.82) is 0 Å². The second-order valence-electron chi connectivity index (χ2n) is 1.78. The SMILES string of the molecule is O=CC=CC1C=CC(=O)O1. The Morgan fingerprint density at radius 2 is 2.40 bits per heavy atom. The molecule has 0 aromatic heterocycles. The number of esters is 1. The minimum Gasteiger partial charge on any atom is -0.451 e. The first-order valence-corrected chi connectivity index (χ1v) is 2.83. The van der Waals surface area contributed by atoms with E-state index in [1.807, 2.05) is 0 Å². The Kier molecular flexibility index (Phi) is 1.99. The molecule has 0 N–H and O–H groups in total. The Hall–Kier alpha value is -1.38. The number of rotatable bonds is 2. The van der Waals surface area contributed by atoms with Gasteiger partial charge in [-0.2, -0.15) is 0 Å². The van der Waals surface area contributed by atoms with Crippen LogP contribution >= 0.6 is 0 Å². The van der Waals surface area contributed by atoms with Gasteiger partial charge in [0.2, 0.25) is 0 Å². The van der Waals surface area contributed by atoms with Crippen molar-refractivity contribution >= 4 is 12.3 Å². The van der Waals surface area contributed by atoms with Crippen LogP contribution in [0.15, 0.2) is 24.3 Å². The van der Waals surface area contributed by atoms with Crippen molar-refractivity contribution in [3.05, 3.63) is 24.3 Å². The molecule has 1 aliphatic rings. The Morgan fingerprint density at radius 3 is 2.90 bits per heavy atom. The standard InChI is InChI=1S/C7H6O3/c8-5-1-2-6-3-4-7(9)10-6/h1-6H. The molecular weight excluding hydrogens is 132 g/mol. The predicted molar refractivity (Wildman–Crippen MR) is 34.2 cm³/mol. The Bertz CT molecular complexity index is 203. The molecule has 0 saturated carbocycles. The summed E-state index contributed by atoms with van der Waals surface area (Å²) in [5.74, 6) is -0.361. The molecule has 1 unspecified atom stereocenters. The average Bonchev–Trinajstić information content (AvgIpc) is 2.31. The van der Waals surface area contributed by atoms with Gasteiger partial charge in [-0.25, -0.2) is 4.79 Å². The highest BCUT2D eigenvalue weighted by Crippen LogP contribution is 2.04. The van der Waals surface area contributed by atoms with E-state index < -0.39 is 0 Å². The van der Waals surface area contributed by atoms with Gasteiger partial charge in [-0.15, -0.1) is 0 Å². The number of allylic oxidation sites excluding steroid dienone is 1.